The van der Waals surface area contributed by atoms with Gasteiger partial charge in [-0.15, -0.1) is 0 Å². The normalized spacial score (nSPS) is 27.1. The zero-order chi connectivity index (χ0) is 16.4. The van der Waals surface area contributed by atoms with Gasteiger partial charge in [-0.2, -0.15) is 0 Å². The fourth-order valence-electron chi connectivity index (χ4n) is 4.16. The average Bonchev–Trinajstić information content (AvgIpc) is 2.55. The van der Waals surface area contributed by atoms with Crippen molar-refractivity contribution in [3.63, 3.8) is 0 Å². The van der Waals surface area contributed by atoms with E-state index in [4.69, 9.17) is 10.5 Å². The minimum absolute atomic E-state index is 0.0205. The summed E-state index contributed by atoms with van der Waals surface area (Å²) in [7, 11) is 0. The van der Waals surface area contributed by atoms with Crippen LogP contribution < -0.4 is 5.73 Å². The van der Waals surface area contributed by atoms with Crippen LogP contribution in [0.1, 0.15) is 36.0 Å². The summed E-state index contributed by atoms with van der Waals surface area (Å²) in [6.45, 7) is 8.57. The Balaban J connectivity index is 1.58. The highest BCUT2D eigenvalue weighted by Gasteiger charge is 2.55. The summed E-state index contributed by atoms with van der Waals surface area (Å²) in [5, 5.41) is 10.3. The van der Waals surface area contributed by atoms with Gasteiger partial charge < -0.3 is 15.6 Å². The fourth-order valence-corrected chi connectivity index (χ4v) is 4.16. The summed E-state index contributed by atoms with van der Waals surface area (Å²) in [6, 6.07) is 6.68. The van der Waals surface area contributed by atoms with Crippen LogP contribution in [0.25, 0.3) is 0 Å². The summed E-state index contributed by atoms with van der Waals surface area (Å²) in [4.78, 5) is 2.51. The number of hydrogen-bond donors (Lipinski definition) is 2. The molecular formula is C19H30N2O2. The van der Waals surface area contributed by atoms with Crippen LogP contribution in [0.2, 0.25) is 0 Å². The SMILES string of the molecule is Cc1ccc(C)c(CN2CCC3(CC2)[C@H](O)C[C@@H]3OCCN)c1. The maximum absolute atomic E-state index is 10.3. The second-order valence-electron chi connectivity index (χ2n) is 7.34. The number of aliphatic hydroxyl groups excluding tert-OH is 1. The van der Waals surface area contributed by atoms with E-state index in [0.717, 1.165) is 38.9 Å². The monoisotopic (exact) mass is 318 g/mol. The molecule has 0 unspecified atom stereocenters. The van der Waals surface area contributed by atoms with Gasteiger partial charge in [0.05, 0.1) is 18.8 Å². The fraction of sp³-hybridized carbons (Fsp3) is 0.684. The summed E-state index contributed by atoms with van der Waals surface area (Å²) < 4.78 is 5.88. The van der Waals surface area contributed by atoms with Crippen molar-refractivity contribution in [2.75, 3.05) is 26.2 Å². The molecule has 1 saturated carbocycles. The Morgan fingerprint density at radius 2 is 2.04 bits per heavy atom. The van der Waals surface area contributed by atoms with Gasteiger partial charge in [-0.25, -0.2) is 0 Å². The Labute approximate surface area is 139 Å². The molecule has 0 aromatic heterocycles. The van der Waals surface area contributed by atoms with Gasteiger partial charge in [0.15, 0.2) is 0 Å². The van der Waals surface area contributed by atoms with E-state index in [2.05, 4.69) is 36.9 Å². The summed E-state index contributed by atoms with van der Waals surface area (Å²) in [5.74, 6) is 0. The van der Waals surface area contributed by atoms with E-state index in [0.29, 0.717) is 13.2 Å². The van der Waals surface area contributed by atoms with Gasteiger partial charge >= 0.3 is 0 Å². The smallest absolute Gasteiger partial charge is 0.0682 e. The molecule has 23 heavy (non-hydrogen) atoms. The Kier molecular flexibility index (Phi) is 5.07. The van der Waals surface area contributed by atoms with Crippen molar-refractivity contribution in [3.05, 3.63) is 34.9 Å². The Morgan fingerprint density at radius 1 is 1.30 bits per heavy atom. The summed E-state index contributed by atoms with van der Waals surface area (Å²) in [6.07, 6.45) is 2.82. The lowest BCUT2D eigenvalue weighted by Crippen LogP contribution is -2.62. The van der Waals surface area contributed by atoms with Crippen LogP contribution in [-0.2, 0) is 11.3 Å². The zero-order valence-corrected chi connectivity index (χ0v) is 14.4. The van der Waals surface area contributed by atoms with Crippen molar-refractivity contribution in [2.24, 2.45) is 11.1 Å². The second-order valence-corrected chi connectivity index (χ2v) is 7.34. The van der Waals surface area contributed by atoms with E-state index in [-0.39, 0.29) is 17.6 Å². The van der Waals surface area contributed by atoms with E-state index < -0.39 is 0 Å². The van der Waals surface area contributed by atoms with Gasteiger partial charge in [0.1, 0.15) is 0 Å². The number of aryl methyl sites for hydroxylation is 2. The Bertz CT molecular complexity index is 538. The van der Waals surface area contributed by atoms with Crippen molar-refractivity contribution in [2.45, 2.75) is 51.9 Å². The molecule has 4 heteroatoms. The predicted octanol–water partition coefficient (Wildman–Crippen LogP) is 1.99. The molecule has 2 aliphatic rings. The van der Waals surface area contributed by atoms with Gasteiger partial charge in [-0.3, -0.25) is 4.90 Å². The molecule has 1 aromatic rings. The minimum atomic E-state index is -0.201. The largest absolute Gasteiger partial charge is 0.392 e. The lowest BCUT2D eigenvalue weighted by Gasteiger charge is -2.56. The highest BCUT2D eigenvalue weighted by molar-refractivity contribution is 5.30. The molecule has 1 heterocycles. The quantitative estimate of drug-likeness (QED) is 0.872. The second kappa shape index (κ2) is 6.89. The molecule has 4 nitrogen and oxygen atoms in total. The van der Waals surface area contributed by atoms with Crippen molar-refractivity contribution < 1.29 is 9.84 Å². The summed E-state index contributed by atoms with van der Waals surface area (Å²) in [5.41, 5.74) is 9.64. The number of hydrogen-bond acceptors (Lipinski definition) is 4. The molecule has 128 valence electrons. The number of ether oxygens (including phenoxy) is 1. The first-order valence-electron chi connectivity index (χ1n) is 8.83. The van der Waals surface area contributed by atoms with Gasteiger partial charge in [0.2, 0.25) is 0 Å². The lowest BCUT2D eigenvalue weighted by atomic mass is 9.58. The highest BCUT2D eigenvalue weighted by Crippen LogP contribution is 2.51. The molecule has 1 aromatic carbocycles. The average molecular weight is 318 g/mol. The van der Waals surface area contributed by atoms with Crippen LogP contribution in [0.3, 0.4) is 0 Å². The van der Waals surface area contributed by atoms with Crippen LogP contribution in [0.15, 0.2) is 18.2 Å². The molecular weight excluding hydrogens is 288 g/mol. The Hall–Kier alpha value is -0.940. The molecule has 2 fully saturated rings. The third-order valence-electron chi connectivity index (χ3n) is 5.86. The number of nitrogens with zero attached hydrogens (tertiary/aromatic N) is 1. The molecule has 1 aliphatic heterocycles. The van der Waals surface area contributed by atoms with E-state index in [1.54, 1.807) is 0 Å². The van der Waals surface area contributed by atoms with Crippen molar-refractivity contribution >= 4 is 0 Å². The Morgan fingerprint density at radius 3 is 2.70 bits per heavy atom. The molecule has 3 N–H and O–H groups in total. The first-order valence-corrected chi connectivity index (χ1v) is 8.83. The van der Waals surface area contributed by atoms with Gasteiger partial charge in [0, 0.05) is 24.9 Å². The molecule has 0 amide bonds. The predicted molar refractivity (Wildman–Crippen MR) is 92.3 cm³/mol. The molecule has 1 aliphatic carbocycles. The maximum Gasteiger partial charge on any atom is 0.0682 e. The molecule has 1 spiro atoms. The van der Waals surface area contributed by atoms with Crippen molar-refractivity contribution in [1.82, 2.24) is 4.90 Å². The van der Waals surface area contributed by atoms with Gasteiger partial charge in [-0.05, 0) is 50.9 Å². The number of rotatable bonds is 5. The van der Waals surface area contributed by atoms with Crippen LogP contribution in [0.4, 0.5) is 0 Å². The molecule has 0 bridgehead atoms. The van der Waals surface area contributed by atoms with Gasteiger partial charge in [-0.1, -0.05) is 23.8 Å². The minimum Gasteiger partial charge on any atom is -0.392 e. The zero-order valence-electron chi connectivity index (χ0n) is 14.4. The highest BCUT2D eigenvalue weighted by atomic mass is 16.5. The van der Waals surface area contributed by atoms with Crippen LogP contribution in [0.5, 0.6) is 0 Å². The third kappa shape index (κ3) is 3.31. The number of likely N-dealkylation sites (tertiary alicyclic amines) is 1. The van der Waals surface area contributed by atoms with E-state index >= 15 is 0 Å². The first kappa shape index (κ1) is 16.9. The van der Waals surface area contributed by atoms with Crippen molar-refractivity contribution in [3.8, 4) is 0 Å². The van der Waals surface area contributed by atoms with Crippen molar-refractivity contribution in [1.29, 1.82) is 0 Å². The maximum atomic E-state index is 10.3. The molecule has 3 rings (SSSR count). The molecule has 1 saturated heterocycles. The van der Waals surface area contributed by atoms with E-state index in [1.165, 1.54) is 16.7 Å². The number of piperidine rings is 1. The number of aliphatic hydroxyl groups is 1. The first-order chi connectivity index (χ1) is 11.0. The standard InChI is InChI=1S/C19H30N2O2/c1-14-3-4-15(2)16(11-14)13-21-8-5-19(6-9-21)17(22)12-18(19)23-10-7-20/h3-4,11,17-18,22H,5-10,12-13,20H2,1-2H3/t17-,18+/m1/s1. The number of benzene rings is 1. The van der Waals surface area contributed by atoms with Crippen LogP contribution >= 0.6 is 0 Å². The van der Waals surface area contributed by atoms with E-state index in [1.807, 2.05) is 0 Å². The van der Waals surface area contributed by atoms with Crippen LogP contribution in [-0.4, -0.2) is 48.5 Å². The third-order valence-corrected chi connectivity index (χ3v) is 5.86. The lowest BCUT2D eigenvalue weighted by molar-refractivity contribution is -0.210. The topological polar surface area (TPSA) is 58.7 Å². The molecule has 2 atom stereocenters. The number of nitrogens with two attached hydrogens (primary N) is 1. The van der Waals surface area contributed by atoms with E-state index in [9.17, 15) is 5.11 Å². The van der Waals surface area contributed by atoms with Crippen LogP contribution in [0, 0.1) is 19.3 Å². The van der Waals surface area contributed by atoms with Gasteiger partial charge in [0.25, 0.3) is 0 Å². The summed E-state index contributed by atoms with van der Waals surface area (Å²) >= 11 is 0. The molecule has 0 radical (unpaired) electrons.